The van der Waals surface area contributed by atoms with Gasteiger partial charge in [-0.25, -0.2) is 0 Å². The van der Waals surface area contributed by atoms with E-state index < -0.39 is 0 Å². The molecule has 72 valence electrons. The second kappa shape index (κ2) is 2.47. The fourth-order valence-corrected chi connectivity index (χ4v) is 2.58. The number of nitrogens with zero attached hydrogens (tertiary/aromatic N) is 1. The predicted octanol–water partition coefficient (Wildman–Crippen LogP) is 2.76. The average molecular weight is 169 g/mol. The monoisotopic (exact) mass is 169 g/mol. The maximum absolute atomic E-state index is 2.52. The molecule has 0 N–H and O–H groups in total. The van der Waals surface area contributed by atoms with Crippen LogP contribution in [0.3, 0.4) is 0 Å². The Labute approximate surface area is 77.1 Å². The van der Waals surface area contributed by atoms with E-state index in [1.165, 1.54) is 0 Å². The van der Waals surface area contributed by atoms with Crippen LogP contribution >= 0.6 is 0 Å². The number of likely N-dealkylation sites (tertiary alicyclic amines) is 1. The van der Waals surface area contributed by atoms with Crippen LogP contribution < -0.4 is 0 Å². The molecule has 0 aromatic carbocycles. The highest BCUT2D eigenvalue weighted by Gasteiger charge is 2.51. The molecule has 1 nitrogen and oxygen atoms in total. The Morgan fingerprint density at radius 1 is 0.833 bits per heavy atom. The van der Waals surface area contributed by atoms with Gasteiger partial charge in [-0.2, -0.15) is 0 Å². The van der Waals surface area contributed by atoms with Crippen LogP contribution in [0.4, 0.5) is 0 Å². The Kier molecular flexibility index (Phi) is 2.07. The lowest BCUT2D eigenvalue weighted by Gasteiger charge is -2.38. The van der Waals surface area contributed by atoms with Gasteiger partial charge < -0.3 is 0 Å². The summed E-state index contributed by atoms with van der Waals surface area (Å²) in [6.07, 6.45) is 0. The molecule has 0 amide bonds. The molecule has 1 heteroatoms. The van der Waals surface area contributed by atoms with Crippen molar-refractivity contribution in [3.63, 3.8) is 0 Å². The standard InChI is InChI=1S/C11H23N/c1-8-9(2)11(5,6)12(7)10(8,3)4/h8-9H,1-7H3. The van der Waals surface area contributed by atoms with E-state index in [4.69, 9.17) is 0 Å². The van der Waals surface area contributed by atoms with Gasteiger partial charge in [-0.1, -0.05) is 13.8 Å². The molecule has 0 spiro atoms. The van der Waals surface area contributed by atoms with Crippen molar-refractivity contribution in [2.75, 3.05) is 7.05 Å². The molecule has 1 rings (SSSR count). The normalized spacial score (nSPS) is 40.2. The van der Waals surface area contributed by atoms with E-state index in [9.17, 15) is 0 Å². The molecule has 2 unspecified atom stereocenters. The molecule has 0 radical (unpaired) electrons. The van der Waals surface area contributed by atoms with E-state index in [1.807, 2.05) is 0 Å². The summed E-state index contributed by atoms with van der Waals surface area (Å²) in [5.74, 6) is 1.55. The predicted molar refractivity (Wildman–Crippen MR) is 54.2 cm³/mol. The molecule has 2 atom stereocenters. The van der Waals surface area contributed by atoms with Gasteiger partial charge in [0.25, 0.3) is 0 Å². The van der Waals surface area contributed by atoms with Crippen LogP contribution in [0.5, 0.6) is 0 Å². The zero-order chi connectivity index (χ0) is 9.73. The Morgan fingerprint density at radius 2 is 1.08 bits per heavy atom. The van der Waals surface area contributed by atoms with Crippen LogP contribution in [-0.4, -0.2) is 23.0 Å². The maximum Gasteiger partial charge on any atom is 0.0184 e. The van der Waals surface area contributed by atoms with Crippen molar-refractivity contribution in [3.05, 3.63) is 0 Å². The molecular formula is C11H23N. The van der Waals surface area contributed by atoms with Gasteiger partial charge in [0.1, 0.15) is 0 Å². The molecule has 0 saturated carbocycles. The fraction of sp³-hybridized carbons (Fsp3) is 1.00. The van der Waals surface area contributed by atoms with Crippen LogP contribution in [0.2, 0.25) is 0 Å². The van der Waals surface area contributed by atoms with E-state index in [2.05, 4.69) is 53.5 Å². The summed E-state index contributed by atoms with van der Waals surface area (Å²) < 4.78 is 0. The van der Waals surface area contributed by atoms with Crippen molar-refractivity contribution in [1.82, 2.24) is 4.90 Å². The zero-order valence-electron chi connectivity index (χ0n) is 9.60. The lowest BCUT2D eigenvalue weighted by molar-refractivity contribution is 0.0968. The summed E-state index contributed by atoms with van der Waals surface area (Å²) in [6.45, 7) is 14.1. The van der Waals surface area contributed by atoms with E-state index >= 15 is 0 Å². The van der Waals surface area contributed by atoms with Gasteiger partial charge in [-0.15, -0.1) is 0 Å². The third kappa shape index (κ3) is 1.02. The molecule has 1 fully saturated rings. The van der Waals surface area contributed by atoms with Crippen LogP contribution in [0.1, 0.15) is 41.5 Å². The summed E-state index contributed by atoms with van der Waals surface area (Å²) in [5.41, 5.74) is 0.700. The minimum absolute atomic E-state index is 0.350. The second-order valence-electron chi connectivity index (χ2n) is 5.44. The van der Waals surface area contributed by atoms with Crippen LogP contribution in [0, 0.1) is 11.8 Å². The molecule has 0 bridgehead atoms. The molecule has 1 saturated heterocycles. The molecular weight excluding hydrogens is 146 g/mol. The van der Waals surface area contributed by atoms with Gasteiger partial charge in [-0.3, -0.25) is 4.90 Å². The third-order valence-corrected chi connectivity index (χ3v) is 4.71. The van der Waals surface area contributed by atoms with Gasteiger partial charge >= 0.3 is 0 Å². The van der Waals surface area contributed by atoms with Gasteiger partial charge in [0.2, 0.25) is 0 Å². The van der Waals surface area contributed by atoms with Gasteiger partial charge in [0, 0.05) is 11.1 Å². The molecule has 0 aromatic heterocycles. The van der Waals surface area contributed by atoms with Crippen molar-refractivity contribution in [3.8, 4) is 0 Å². The largest absolute Gasteiger partial charge is 0.296 e. The first-order chi connectivity index (χ1) is 5.22. The topological polar surface area (TPSA) is 3.24 Å². The summed E-state index contributed by atoms with van der Waals surface area (Å²) >= 11 is 0. The van der Waals surface area contributed by atoms with Crippen molar-refractivity contribution >= 4 is 0 Å². The van der Waals surface area contributed by atoms with Gasteiger partial charge in [0.15, 0.2) is 0 Å². The van der Waals surface area contributed by atoms with E-state index in [1.54, 1.807) is 0 Å². The highest BCUT2D eigenvalue weighted by Crippen LogP contribution is 2.47. The van der Waals surface area contributed by atoms with Crippen LogP contribution in [-0.2, 0) is 0 Å². The second-order valence-corrected chi connectivity index (χ2v) is 5.44. The smallest absolute Gasteiger partial charge is 0.0184 e. The minimum atomic E-state index is 0.350. The zero-order valence-corrected chi connectivity index (χ0v) is 9.60. The number of hydrogen-bond acceptors (Lipinski definition) is 1. The SMILES string of the molecule is CC1C(C)C(C)(C)N(C)C1(C)C. The molecule has 0 aliphatic carbocycles. The highest BCUT2D eigenvalue weighted by atomic mass is 15.3. The first-order valence-corrected chi connectivity index (χ1v) is 4.96. The number of hydrogen-bond donors (Lipinski definition) is 0. The van der Waals surface area contributed by atoms with Crippen molar-refractivity contribution in [2.24, 2.45) is 11.8 Å². The Balaban J connectivity index is 3.03. The lowest BCUT2D eigenvalue weighted by atomic mass is 9.80. The van der Waals surface area contributed by atoms with Crippen LogP contribution in [0.25, 0.3) is 0 Å². The summed E-state index contributed by atoms with van der Waals surface area (Å²) in [6, 6.07) is 0. The van der Waals surface area contributed by atoms with Crippen molar-refractivity contribution < 1.29 is 0 Å². The first-order valence-electron chi connectivity index (χ1n) is 4.96. The Morgan fingerprint density at radius 3 is 1.17 bits per heavy atom. The van der Waals surface area contributed by atoms with Crippen molar-refractivity contribution in [2.45, 2.75) is 52.6 Å². The third-order valence-electron chi connectivity index (χ3n) is 4.71. The van der Waals surface area contributed by atoms with E-state index in [0.717, 1.165) is 11.8 Å². The quantitative estimate of drug-likeness (QED) is 0.539. The molecule has 1 heterocycles. The summed E-state index contributed by atoms with van der Waals surface area (Å²) in [7, 11) is 2.25. The maximum atomic E-state index is 2.52. The molecule has 1 aliphatic rings. The van der Waals surface area contributed by atoms with E-state index in [0.29, 0.717) is 11.1 Å². The molecule has 1 aliphatic heterocycles. The first kappa shape index (κ1) is 10.0. The Hall–Kier alpha value is -0.0400. The minimum Gasteiger partial charge on any atom is -0.296 e. The van der Waals surface area contributed by atoms with Gasteiger partial charge in [0.05, 0.1) is 0 Å². The highest BCUT2D eigenvalue weighted by molar-refractivity contribution is 5.06. The van der Waals surface area contributed by atoms with E-state index in [-0.39, 0.29) is 0 Å². The summed E-state index contributed by atoms with van der Waals surface area (Å²) in [4.78, 5) is 2.52. The molecule has 0 aromatic rings. The fourth-order valence-electron chi connectivity index (χ4n) is 2.58. The van der Waals surface area contributed by atoms with Gasteiger partial charge in [-0.05, 0) is 46.6 Å². The van der Waals surface area contributed by atoms with Crippen molar-refractivity contribution in [1.29, 1.82) is 0 Å². The molecule has 12 heavy (non-hydrogen) atoms. The summed E-state index contributed by atoms with van der Waals surface area (Å²) in [5, 5.41) is 0. The lowest BCUT2D eigenvalue weighted by Crippen LogP contribution is -2.47. The van der Waals surface area contributed by atoms with Crippen LogP contribution in [0.15, 0.2) is 0 Å². The number of rotatable bonds is 0. The Bertz CT molecular complexity index is 161. The average Bonchev–Trinajstić information content (AvgIpc) is 2.06.